The van der Waals surface area contributed by atoms with Crippen LogP contribution in [0.1, 0.15) is 31.3 Å². The molecule has 0 aliphatic heterocycles. The predicted molar refractivity (Wildman–Crippen MR) is 62.7 cm³/mol. The highest BCUT2D eigenvalue weighted by atomic mass is 79.9. The summed E-state index contributed by atoms with van der Waals surface area (Å²) in [7, 11) is 1.78. The molecule has 1 heterocycles. The van der Waals surface area contributed by atoms with Gasteiger partial charge in [0.1, 0.15) is 0 Å². The van der Waals surface area contributed by atoms with Crippen molar-refractivity contribution >= 4 is 21.8 Å². The van der Waals surface area contributed by atoms with Gasteiger partial charge in [-0.05, 0) is 21.3 Å². The zero-order chi connectivity index (χ0) is 11.6. The molecule has 1 aromatic rings. The maximum atomic E-state index is 11.7. The molecule has 0 radical (unpaired) electrons. The van der Waals surface area contributed by atoms with Gasteiger partial charge in [0.15, 0.2) is 5.69 Å². The molecular weight excluding hydrogens is 258 g/mol. The molecule has 0 saturated carbocycles. The monoisotopic (exact) mass is 273 g/mol. The van der Waals surface area contributed by atoms with Crippen molar-refractivity contribution in [3.63, 3.8) is 0 Å². The first kappa shape index (κ1) is 12.2. The number of aromatic nitrogens is 2. The minimum atomic E-state index is -0.141. The summed E-state index contributed by atoms with van der Waals surface area (Å²) in [5.74, 6) is -0.141. The number of rotatable bonds is 2. The lowest BCUT2D eigenvalue weighted by Gasteiger charge is -2.18. The van der Waals surface area contributed by atoms with E-state index in [4.69, 9.17) is 0 Å². The number of aryl methyl sites for hydroxylation is 1. The Morgan fingerprint density at radius 2 is 2.20 bits per heavy atom. The van der Waals surface area contributed by atoms with Gasteiger partial charge in [0.05, 0.1) is 4.47 Å². The van der Waals surface area contributed by atoms with Crippen LogP contribution in [0.15, 0.2) is 10.7 Å². The Morgan fingerprint density at radius 3 is 2.60 bits per heavy atom. The van der Waals surface area contributed by atoms with Crippen molar-refractivity contribution in [1.82, 2.24) is 15.1 Å². The Balaban J connectivity index is 2.66. The maximum absolute atomic E-state index is 11.7. The average molecular weight is 274 g/mol. The molecule has 1 rings (SSSR count). The van der Waals surface area contributed by atoms with Gasteiger partial charge in [0.25, 0.3) is 5.91 Å². The van der Waals surface area contributed by atoms with Crippen LogP contribution < -0.4 is 5.32 Å². The molecule has 5 heteroatoms. The molecule has 0 aliphatic carbocycles. The minimum absolute atomic E-state index is 0.0803. The van der Waals surface area contributed by atoms with Crippen molar-refractivity contribution in [3.05, 3.63) is 16.4 Å². The fourth-order valence-corrected chi connectivity index (χ4v) is 1.60. The molecule has 1 amide bonds. The van der Waals surface area contributed by atoms with Gasteiger partial charge in [-0.15, -0.1) is 0 Å². The number of hydrogen-bond donors (Lipinski definition) is 1. The average Bonchev–Trinajstić information content (AvgIpc) is 2.40. The smallest absolute Gasteiger partial charge is 0.272 e. The van der Waals surface area contributed by atoms with Crippen LogP contribution in [0.3, 0.4) is 0 Å². The van der Waals surface area contributed by atoms with Crippen LogP contribution in [0.2, 0.25) is 0 Å². The lowest BCUT2D eigenvalue weighted by atomic mass is 9.97. The topological polar surface area (TPSA) is 46.9 Å². The Labute approximate surface area is 98.2 Å². The Bertz CT molecular complexity index is 365. The third-order valence-electron chi connectivity index (χ3n) is 1.78. The zero-order valence-electron chi connectivity index (χ0n) is 9.47. The Hall–Kier alpha value is -0.840. The lowest BCUT2D eigenvalue weighted by Crippen LogP contribution is -2.32. The van der Waals surface area contributed by atoms with E-state index in [1.807, 2.05) is 0 Å². The van der Waals surface area contributed by atoms with Crippen LogP contribution in [-0.4, -0.2) is 22.2 Å². The highest BCUT2D eigenvalue weighted by Crippen LogP contribution is 2.15. The normalized spacial score (nSPS) is 11.5. The molecule has 1 aromatic heterocycles. The van der Waals surface area contributed by atoms with Crippen molar-refractivity contribution < 1.29 is 4.79 Å². The zero-order valence-corrected chi connectivity index (χ0v) is 11.1. The molecule has 1 N–H and O–H groups in total. The van der Waals surface area contributed by atoms with Crippen LogP contribution in [0.25, 0.3) is 0 Å². The number of carbonyl (C=O) groups excluding carboxylic acids is 1. The molecule has 0 bridgehead atoms. The summed E-state index contributed by atoms with van der Waals surface area (Å²) in [5.41, 5.74) is 0.512. The molecule has 0 fully saturated rings. The number of nitrogens with one attached hydrogen (secondary N) is 1. The van der Waals surface area contributed by atoms with Crippen molar-refractivity contribution in [2.75, 3.05) is 6.54 Å². The number of halogens is 1. The van der Waals surface area contributed by atoms with Gasteiger partial charge in [-0.3, -0.25) is 9.48 Å². The molecule has 0 saturated heterocycles. The van der Waals surface area contributed by atoms with E-state index in [2.05, 4.69) is 47.1 Å². The standard InChI is InChI=1S/C10H16BrN3O/c1-10(2,3)6-12-9(15)8-7(11)5-14(4)13-8/h5H,6H2,1-4H3,(H,12,15). The summed E-state index contributed by atoms with van der Waals surface area (Å²) in [5, 5.41) is 6.92. The van der Waals surface area contributed by atoms with Crippen molar-refractivity contribution in [2.45, 2.75) is 20.8 Å². The van der Waals surface area contributed by atoms with Crippen LogP contribution in [0, 0.1) is 5.41 Å². The lowest BCUT2D eigenvalue weighted by molar-refractivity contribution is 0.0933. The van der Waals surface area contributed by atoms with Crippen molar-refractivity contribution in [1.29, 1.82) is 0 Å². The summed E-state index contributed by atoms with van der Waals surface area (Å²) in [4.78, 5) is 11.7. The quantitative estimate of drug-likeness (QED) is 0.896. The molecule has 0 atom stereocenters. The highest BCUT2D eigenvalue weighted by molar-refractivity contribution is 9.10. The number of carbonyl (C=O) groups is 1. The fourth-order valence-electron chi connectivity index (χ4n) is 1.04. The van der Waals surface area contributed by atoms with E-state index < -0.39 is 0 Å². The summed E-state index contributed by atoms with van der Waals surface area (Å²) in [6.45, 7) is 6.84. The Kier molecular flexibility index (Phi) is 3.54. The van der Waals surface area contributed by atoms with Gasteiger partial charge < -0.3 is 5.32 Å². The number of amides is 1. The summed E-state index contributed by atoms with van der Waals surface area (Å²) in [6.07, 6.45) is 1.76. The van der Waals surface area contributed by atoms with Crippen molar-refractivity contribution in [2.24, 2.45) is 12.5 Å². The van der Waals surface area contributed by atoms with Gasteiger partial charge in [0.2, 0.25) is 0 Å². The van der Waals surface area contributed by atoms with Gasteiger partial charge in [-0.25, -0.2) is 0 Å². The van der Waals surface area contributed by atoms with Gasteiger partial charge >= 0.3 is 0 Å². The van der Waals surface area contributed by atoms with E-state index in [1.165, 1.54) is 0 Å². The van der Waals surface area contributed by atoms with E-state index >= 15 is 0 Å². The predicted octanol–water partition coefficient (Wildman–Crippen LogP) is 1.96. The summed E-state index contributed by atoms with van der Waals surface area (Å²) >= 11 is 3.29. The van der Waals surface area contributed by atoms with E-state index in [9.17, 15) is 4.79 Å². The second-order valence-corrected chi connectivity index (χ2v) is 5.60. The van der Waals surface area contributed by atoms with Crippen LogP contribution in [-0.2, 0) is 7.05 Å². The summed E-state index contributed by atoms with van der Waals surface area (Å²) < 4.78 is 2.33. The van der Waals surface area contributed by atoms with E-state index in [0.29, 0.717) is 12.2 Å². The molecule has 0 aromatic carbocycles. The fraction of sp³-hybridized carbons (Fsp3) is 0.600. The number of hydrogen-bond acceptors (Lipinski definition) is 2. The highest BCUT2D eigenvalue weighted by Gasteiger charge is 2.17. The van der Waals surface area contributed by atoms with Crippen LogP contribution >= 0.6 is 15.9 Å². The van der Waals surface area contributed by atoms with Gasteiger partial charge in [-0.1, -0.05) is 20.8 Å². The van der Waals surface area contributed by atoms with Crippen LogP contribution in [0.4, 0.5) is 0 Å². The molecule has 0 aliphatic rings. The van der Waals surface area contributed by atoms with Crippen LogP contribution in [0.5, 0.6) is 0 Å². The molecule has 15 heavy (non-hydrogen) atoms. The van der Waals surface area contributed by atoms with E-state index in [0.717, 1.165) is 4.47 Å². The molecule has 0 unspecified atom stereocenters. The molecule has 4 nitrogen and oxygen atoms in total. The molecular formula is C10H16BrN3O. The first-order valence-electron chi connectivity index (χ1n) is 4.77. The second kappa shape index (κ2) is 4.35. The second-order valence-electron chi connectivity index (χ2n) is 4.74. The number of nitrogens with zero attached hydrogens (tertiary/aromatic N) is 2. The first-order chi connectivity index (χ1) is 6.79. The van der Waals surface area contributed by atoms with Gasteiger partial charge in [-0.2, -0.15) is 5.10 Å². The molecule has 84 valence electrons. The molecule has 0 spiro atoms. The SMILES string of the molecule is Cn1cc(Br)c(C(=O)NCC(C)(C)C)n1. The first-order valence-corrected chi connectivity index (χ1v) is 5.56. The largest absolute Gasteiger partial charge is 0.350 e. The Morgan fingerprint density at radius 1 is 1.60 bits per heavy atom. The third kappa shape index (κ3) is 3.66. The van der Waals surface area contributed by atoms with Gasteiger partial charge in [0, 0.05) is 19.8 Å². The van der Waals surface area contributed by atoms with E-state index in [-0.39, 0.29) is 11.3 Å². The van der Waals surface area contributed by atoms with E-state index in [1.54, 1.807) is 17.9 Å². The minimum Gasteiger partial charge on any atom is -0.350 e. The van der Waals surface area contributed by atoms with Crippen molar-refractivity contribution in [3.8, 4) is 0 Å². The third-order valence-corrected chi connectivity index (χ3v) is 2.36. The maximum Gasteiger partial charge on any atom is 0.272 e. The summed E-state index contributed by atoms with van der Waals surface area (Å²) in [6, 6.07) is 0.